The van der Waals surface area contributed by atoms with Crippen LogP contribution < -0.4 is 26.1 Å². The molecule has 0 aliphatic carbocycles. The third-order valence-corrected chi connectivity index (χ3v) is 4.63. The summed E-state index contributed by atoms with van der Waals surface area (Å²) in [4.78, 5) is 16.2. The third-order valence-electron chi connectivity index (χ3n) is 4.63. The minimum Gasteiger partial charge on any atom is -0.493 e. The minimum atomic E-state index is -0.0123. The Labute approximate surface area is 175 Å². The van der Waals surface area contributed by atoms with Crippen molar-refractivity contribution >= 4 is 5.96 Å². The fraction of sp³-hybridized carbons (Fsp3) is 0.217. The molecule has 0 saturated heterocycles. The van der Waals surface area contributed by atoms with Crippen LogP contribution in [0.4, 0.5) is 0 Å². The van der Waals surface area contributed by atoms with Gasteiger partial charge in [-0.15, -0.1) is 0 Å². The van der Waals surface area contributed by atoms with Crippen LogP contribution in [0.5, 0.6) is 11.5 Å². The highest BCUT2D eigenvalue weighted by atomic mass is 16.5. The van der Waals surface area contributed by atoms with Crippen molar-refractivity contribution in [2.45, 2.75) is 19.6 Å². The van der Waals surface area contributed by atoms with Crippen LogP contribution in [0, 0.1) is 0 Å². The van der Waals surface area contributed by atoms with Crippen molar-refractivity contribution in [1.82, 2.24) is 9.88 Å². The van der Waals surface area contributed by atoms with Gasteiger partial charge in [0.25, 0.3) is 5.56 Å². The number of methoxy groups -OCH3 is 2. The monoisotopic (exact) mass is 406 g/mol. The van der Waals surface area contributed by atoms with Crippen LogP contribution in [-0.4, -0.2) is 24.7 Å². The highest BCUT2D eigenvalue weighted by Crippen LogP contribution is 2.27. The summed E-state index contributed by atoms with van der Waals surface area (Å²) < 4.78 is 12.2. The van der Waals surface area contributed by atoms with Gasteiger partial charge in [-0.1, -0.05) is 36.4 Å². The number of guanidine groups is 1. The van der Waals surface area contributed by atoms with Crippen LogP contribution in [-0.2, 0) is 19.6 Å². The quantitative estimate of drug-likeness (QED) is 0.443. The SMILES string of the molecule is COc1ccc(CN=C(N)NCc2ccc(Cn3ccccc3=O)cc2)cc1OC. The minimum absolute atomic E-state index is 0.0123. The molecule has 0 unspecified atom stereocenters. The van der Waals surface area contributed by atoms with Crippen LogP contribution in [0.3, 0.4) is 0 Å². The van der Waals surface area contributed by atoms with E-state index < -0.39 is 0 Å². The standard InChI is InChI=1S/C23H26N4O3/c1-29-20-11-10-19(13-21(20)30-2)15-26-23(24)25-14-17-6-8-18(9-7-17)16-27-12-4-3-5-22(27)28/h3-13H,14-16H2,1-2H3,(H3,24,25,26). The maximum absolute atomic E-state index is 11.8. The average Bonchev–Trinajstić information content (AvgIpc) is 2.78. The normalized spacial score (nSPS) is 11.2. The van der Waals surface area contributed by atoms with Crippen molar-refractivity contribution in [2.75, 3.05) is 14.2 Å². The first-order chi connectivity index (χ1) is 14.6. The van der Waals surface area contributed by atoms with Crippen LogP contribution in [0.2, 0.25) is 0 Å². The van der Waals surface area contributed by atoms with Crippen molar-refractivity contribution in [3.63, 3.8) is 0 Å². The van der Waals surface area contributed by atoms with E-state index >= 15 is 0 Å². The molecule has 1 aromatic heterocycles. The van der Waals surface area contributed by atoms with E-state index in [0.717, 1.165) is 16.7 Å². The van der Waals surface area contributed by atoms with E-state index in [4.69, 9.17) is 15.2 Å². The van der Waals surface area contributed by atoms with E-state index in [2.05, 4.69) is 10.3 Å². The van der Waals surface area contributed by atoms with Gasteiger partial charge >= 0.3 is 0 Å². The molecule has 0 radical (unpaired) electrons. The maximum Gasteiger partial charge on any atom is 0.250 e. The average molecular weight is 406 g/mol. The molecular weight excluding hydrogens is 380 g/mol. The zero-order valence-corrected chi connectivity index (χ0v) is 17.2. The van der Waals surface area contributed by atoms with Gasteiger partial charge in [-0.2, -0.15) is 0 Å². The molecule has 0 amide bonds. The number of aromatic nitrogens is 1. The molecule has 0 spiro atoms. The van der Waals surface area contributed by atoms with Crippen LogP contribution in [0.15, 0.2) is 76.6 Å². The molecule has 1 heterocycles. The zero-order chi connectivity index (χ0) is 21.3. The Bertz CT molecular complexity index is 1060. The lowest BCUT2D eigenvalue weighted by Gasteiger charge is -2.10. The molecule has 0 aliphatic rings. The largest absolute Gasteiger partial charge is 0.493 e. The van der Waals surface area contributed by atoms with Crippen LogP contribution in [0.1, 0.15) is 16.7 Å². The maximum atomic E-state index is 11.8. The number of nitrogens with one attached hydrogen (secondary N) is 1. The van der Waals surface area contributed by atoms with Gasteiger partial charge in [0.15, 0.2) is 17.5 Å². The summed E-state index contributed by atoms with van der Waals surface area (Å²) in [5.41, 5.74) is 9.08. The molecule has 3 aromatic rings. The number of hydrogen-bond donors (Lipinski definition) is 2. The second-order valence-corrected chi connectivity index (χ2v) is 6.73. The molecule has 0 aliphatic heterocycles. The van der Waals surface area contributed by atoms with Gasteiger partial charge in [0.1, 0.15) is 0 Å². The Hall–Kier alpha value is -3.74. The van der Waals surface area contributed by atoms with Crippen molar-refractivity contribution in [2.24, 2.45) is 10.7 Å². The summed E-state index contributed by atoms with van der Waals surface area (Å²) in [6, 6.07) is 18.8. The summed E-state index contributed by atoms with van der Waals surface area (Å²) in [5, 5.41) is 3.12. The van der Waals surface area contributed by atoms with Gasteiger partial charge in [-0.3, -0.25) is 4.79 Å². The fourth-order valence-corrected chi connectivity index (χ4v) is 2.95. The Kier molecular flexibility index (Phi) is 7.10. The van der Waals surface area contributed by atoms with E-state index in [9.17, 15) is 4.79 Å². The number of rotatable bonds is 8. The van der Waals surface area contributed by atoms with Crippen molar-refractivity contribution in [3.05, 3.63) is 93.9 Å². The first-order valence-corrected chi connectivity index (χ1v) is 9.57. The van der Waals surface area contributed by atoms with E-state index in [1.807, 2.05) is 48.5 Å². The van der Waals surface area contributed by atoms with Crippen molar-refractivity contribution < 1.29 is 9.47 Å². The molecule has 3 N–H and O–H groups in total. The lowest BCUT2D eigenvalue weighted by Crippen LogP contribution is -2.31. The second-order valence-electron chi connectivity index (χ2n) is 6.73. The van der Waals surface area contributed by atoms with E-state index in [1.165, 1.54) is 0 Å². The number of nitrogens with two attached hydrogens (primary N) is 1. The Morgan fingerprint density at radius 3 is 2.37 bits per heavy atom. The molecule has 0 fully saturated rings. The summed E-state index contributed by atoms with van der Waals surface area (Å²) in [7, 11) is 3.20. The van der Waals surface area contributed by atoms with Crippen LogP contribution in [0.25, 0.3) is 0 Å². The van der Waals surface area contributed by atoms with E-state index in [1.54, 1.807) is 37.1 Å². The molecule has 7 heteroatoms. The number of benzene rings is 2. The smallest absolute Gasteiger partial charge is 0.250 e. The lowest BCUT2D eigenvalue weighted by atomic mass is 10.1. The highest BCUT2D eigenvalue weighted by Gasteiger charge is 2.04. The summed E-state index contributed by atoms with van der Waals surface area (Å²) in [6.07, 6.45) is 1.79. The van der Waals surface area contributed by atoms with Crippen molar-refractivity contribution in [1.29, 1.82) is 0 Å². The Balaban J connectivity index is 1.53. The topological polar surface area (TPSA) is 90.9 Å². The summed E-state index contributed by atoms with van der Waals surface area (Å²) in [6.45, 7) is 1.54. The number of aliphatic imine (C=N–C) groups is 1. The predicted molar refractivity (Wildman–Crippen MR) is 118 cm³/mol. The summed E-state index contributed by atoms with van der Waals surface area (Å²) >= 11 is 0. The predicted octanol–water partition coefficient (Wildman–Crippen LogP) is 2.52. The van der Waals surface area contributed by atoms with E-state index in [-0.39, 0.29) is 5.56 Å². The molecule has 0 bridgehead atoms. The molecule has 3 rings (SSSR count). The Morgan fingerprint density at radius 2 is 1.67 bits per heavy atom. The lowest BCUT2D eigenvalue weighted by molar-refractivity contribution is 0.354. The van der Waals surface area contributed by atoms with E-state index in [0.29, 0.717) is 37.1 Å². The highest BCUT2D eigenvalue weighted by molar-refractivity contribution is 5.77. The second kappa shape index (κ2) is 10.2. The fourth-order valence-electron chi connectivity index (χ4n) is 2.95. The van der Waals surface area contributed by atoms with Gasteiger partial charge in [-0.05, 0) is 34.9 Å². The summed E-state index contributed by atoms with van der Waals surface area (Å²) in [5.74, 6) is 1.70. The first-order valence-electron chi connectivity index (χ1n) is 9.57. The van der Waals surface area contributed by atoms with Gasteiger partial charge < -0.3 is 25.1 Å². The first kappa shape index (κ1) is 21.0. The number of hydrogen-bond acceptors (Lipinski definition) is 4. The molecule has 0 saturated carbocycles. The third kappa shape index (κ3) is 5.64. The number of ether oxygens (including phenoxy) is 2. The molecule has 2 aromatic carbocycles. The van der Waals surface area contributed by atoms with Crippen molar-refractivity contribution in [3.8, 4) is 11.5 Å². The molecule has 30 heavy (non-hydrogen) atoms. The zero-order valence-electron chi connectivity index (χ0n) is 17.2. The molecule has 7 nitrogen and oxygen atoms in total. The Morgan fingerprint density at radius 1 is 0.967 bits per heavy atom. The molecule has 156 valence electrons. The van der Waals surface area contributed by atoms with Gasteiger partial charge in [0.2, 0.25) is 0 Å². The number of nitrogens with zero attached hydrogens (tertiary/aromatic N) is 2. The number of pyridine rings is 1. The van der Waals surface area contributed by atoms with Gasteiger partial charge in [0, 0.05) is 18.8 Å². The van der Waals surface area contributed by atoms with Gasteiger partial charge in [0.05, 0.1) is 27.3 Å². The molecular formula is C23H26N4O3. The molecule has 0 atom stereocenters. The van der Waals surface area contributed by atoms with Gasteiger partial charge in [-0.25, -0.2) is 4.99 Å². The van der Waals surface area contributed by atoms with Crippen LogP contribution >= 0.6 is 0 Å².